The Bertz CT molecular complexity index is 524. The first-order valence-corrected chi connectivity index (χ1v) is 6.46. The normalized spacial score (nSPS) is 16.4. The van der Waals surface area contributed by atoms with Crippen LogP contribution < -0.4 is 10.5 Å². The van der Waals surface area contributed by atoms with Crippen molar-refractivity contribution < 1.29 is 12.8 Å². The van der Waals surface area contributed by atoms with E-state index in [0.29, 0.717) is 0 Å². The van der Waals surface area contributed by atoms with E-state index in [1.54, 1.807) is 0 Å². The third kappa shape index (κ3) is 2.17. The number of halogens is 1. The Balaban J connectivity index is 2.45. The third-order valence-electron chi connectivity index (χ3n) is 2.43. The first-order chi connectivity index (χ1) is 7.40. The van der Waals surface area contributed by atoms with Crippen LogP contribution in [0.1, 0.15) is 18.4 Å². The van der Waals surface area contributed by atoms with Gasteiger partial charge >= 0.3 is 0 Å². The monoisotopic (exact) mass is 244 g/mol. The smallest absolute Gasteiger partial charge is 0.243 e. The van der Waals surface area contributed by atoms with E-state index in [0.717, 1.165) is 18.9 Å². The number of hydrogen-bond donors (Lipinski definition) is 2. The van der Waals surface area contributed by atoms with E-state index in [4.69, 9.17) is 5.73 Å². The molecule has 6 heteroatoms. The van der Waals surface area contributed by atoms with E-state index in [1.165, 1.54) is 13.0 Å². The van der Waals surface area contributed by atoms with Gasteiger partial charge in [-0.3, -0.25) is 0 Å². The number of aryl methyl sites for hydroxylation is 1. The van der Waals surface area contributed by atoms with Crippen LogP contribution in [0, 0.1) is 12.7 Å². The fraction of sp³-hybridized carbons (Fsp3) is 0.400. The Hall–Kier alpha value is -1.14. The van der Waals surface area contributed by atoms with Crippen LogP contribution in [0.3, 0.4) is 0 Å². The molecule has 0 unspecified atom stereocenters. The highest BCUT2D eigenvalue weighted by Gasteiger charge is 2.30. The summed E-state index contributed by atoms with van der Waals surface area (Å²) in [6, 6.07) is 2.50. The van der Waals surface area contributed by atoms with Crippen molar-refractivity contribution in [1.29, 1.82) is 0 Å². The number of nitrogens with one attached hydrogen (secondary N) is 1. The molecule has 0 aliphatic heterocycles. The summed E-state index contributed by atoms with van der Waals surface area (Å²) in [6.07, 6.45) is 1.62. The van der Waals surface area contributed by atoms with Gasteiger partial charge in [-0.1, -0.05) is 0 Å². The SMILES string of the molecule is Cc1cc(N)cc(S(=O)(=O)NC2CC2)c1F. The molecule has 16 heavy (non-hydrogen) atoms. The van der Waals surface area contributed by atoms with Crippen molar-refractivity contribution in [3.8, 4) is 0 Å². The number of benzene rings is 1. The van der Waals surface area contributed by atoms with Gasteiger partial charge < -0.3 is 5.73 Å². The molecule has 0 radical (unpaired) electrons. The van der Waals surface area contributed by atoms with E-state index in [2.05, 4.69) is 4.72 Å². The van der Waals surface area contributed by atoms with Gasteiger partial charge in [0.1, 0.15) is 10.7 Å². The molecule has 1 aromatic rings. The van der Waals surface area contributed by atoms with Crippen LogP contribution in [0.25, 0.3) is 0 Å². The molecule has 1 fully saturated rings. The second kappa shape index (κ2) is 3.71. The lowest BCUT2D eigenvalue weighted by atomic mass is 10.2. The molecule has 0 heterocycles. The molecule has 1 aliphatic rings. The minimum atomic E-state index is -3.78. The molecule has 2 rings (SSSR count). The Morgan fingerprint density at radius 3 is 2.62 bits per heavy atom. The van der Waals surface area contributed by atoms with Crippen LogP contribution in [-0.2, 0) is 10.0 Å². The maximum Gasteiger partial charge on any atom is 0.243 e. The molecule has 1 saturated carbocycles. The summed E-state index contributed by atoms with van der Waals surface area (Å²) in [5.41, 5.74) is 5.99. The van der Waals surface area contributed by atoms with Crippen LogP contribution in [0.15, 0.2) is 17.0 Å². The lowest BCUT2D eigenvalue weighted by molar-refractivity contribution is 0.553. The molecule has 4 nitrogen and oxygen atoms in total. The number of hydrogen-bond acceptors (Lipinski definition) is 3. The summed E-state index contributed by atoms with van der Waals surface area (Å²) in [4.78, 5) is -0.364. The Labute approximate surface area is 93.7 Å². The van der Waals surface area contributed by atoms with Gasteiger partial charge in [0.15, 0.2) is 0 Å². The molecule has 0 aromatic heterocycles. The third-order valence-corrected chi connectivity index (χ3v) is 3.95. The summed E-state index contributed by atoms with van der Waals surface area (Å²) >= 11 is 0. The minimum absolute atomic E-state index is 0.0499. The Kier molecular flexibility index (Phi) is 2.63. The fourth-order valence-corrected chi connectivity index (χ4v) is 2.93. The molecule has 0 atom stereocenters. The number of nitrogen functional groups attached to an aromatic ring is 1. The first kappa shape index (κ1) is 11.3. The lowest BCUT2D eigenvalue weighted by Gasteiger charge is -2.09. The lowest BCUT2D eigenvalue weighted by Crippen LogP contribution is -2.26. The summed E-state index contributed by atoms with van der Waals surface area (Å²) in [6.45, 7) is 1.49. The fourth-order valence-electron chi connectivity index (χ4n) is 1.44. The van der Waals surface area contributed by atoms with Crippen molar-refractivity contribution in [1.82, 2.24) is 4.72 Å². The van der Waals surface area contributed by atoms with Crippen molar-refractivity contribution in [3.05, 3.63) is 23.5 Å². The van der Waals surface area contributed by atoms with Gasteiger partial charge in [-0.2, -0.15) is 0 Å². The Morgan fingerprint density at radius 1 is 1.44 bits per heavy atom. The largest absolute Gasteiger partial charge is 0.399 e. The molecular formula is C10H13FN2O2S. The van der Waals surface area contributed by atoms with Gasteiger partial charge in [0.2, 0.25) is 10.0 Å². The van der Waals surface area contributed by atoms with Crippen LogP contribution in [-0.4, -0.2) is 14.5 Å². The molecule has 0 amide bonds. The zero-order valence-electron chi connectivity index (χ0n) is 8.83. The van der Waals surface area contributed by atoms with Gasteiger partial charge in [-0.15, -0.1) is 0 Å². The van der Waals surface area contributed by atoms with Crippen molar-refractivity contribution in [2.75, 3.05) is 5.73 Å². The quantitative estimate of drug-likeness (QED) is 0.784. The number of nitrogens with two attached hydrogens (primary N) is 1. The zero-order chi connectivity index (χ0) is 11.9. The maximum atomic E-state index is 13.7. The van der Waals surface area contributed by atoms with E-state index in [-0.39, 0.29) is 22.2 Å². The van der Waals surface area contributed by atoms with Crippen molar-refractivity contribution in [2.45, 2.75) is 30.7 Å². The van der Waals surface area contributed by atoms with Gasteiger partial charge in [0.05, 0.1) is 0 Å². The van der Waals surface area contributed by atoms with E-state index in [1.807, 2.05) is 0 Å². The first-order valence-electron chi connectivity index (χ1n) is 4.98. The van der Waals surface area contributed by atoms with Crippen molar-refractivity contribution in [3.63, 3.8) is 0 Å². The van der Waals surface area contributed by atoms with Gasteiger partial charge in [0, 0.05) is 11.7 Å². The standard InChI is InChI=1S/C10H13FN2O2S/c1-6-4-7(12)5-9(10(6)11)16(14,15)13-8-2-3-8/h4-5,8,13H,2-3,12H2,1H3. The number of sulfonamides is 1. The average molecular weight is 244 g/mol. The van der Waals surface area contributed by atoms with Gasteiger partial charge in [0.25, 0.3) is 0 Å². The molecule has 0 bridgehead atoms. The highest BCUT2D eigenvalue weighted by atomic mass is 32.2. The van der Waals surface area contributed by atoms with Gasteiger partial charge in [-0.05, 0) is 37.5 Å². The molecule has 0 saturated heterocycles. The highest BCUT2D eigenvalue weighted by Crippen LogP contribution is 2.25. The maximum absolute atomic E-state index is 13.7. The molecular weight excluding hydrogens is 231 g/mol. The summed E-state index contributed by atoms with van der Waals surface area (Å²) < 4.78 is 39.7. The van der Waals surface area contributed by atoms with Crippen LogP contribution in [0.2, 0.25) is 0 Å². The summed E-state index contributed by atoms with van der Waals surface area (Å²) in [7, 11) is -3.78. The summed E-state index contributed by atoms with van der Waals surface area (Å²) in [5.74, 6) is -0.734. The van der Waals surface area contributed by atoms with Crippen molar-refractivity contribution in [2.24, 2.45) is 0 Å². The highest BCUT2D eigenvalue weighted by molar-refractivity contribution is 7.89. The second-order valence-electron chi connectivity index (χ2n) is 4.05. The van der Waals surface area contributed by atoms with Crippen molar-refractivity contribution >= 4 is 15.7 Å². The molecule has 88 valence electrons. The molecule has 1 aromatic carbocycles. The topological polar surface area (TPSA) is 72.2 Å². The van der Waals surface area contributed by atoms with E-state index in [9.17, 15) is 12.8 Å². The molecule has 0 spiro atoms. The average Bonchev–Trinajstić information content (AvgIpc) is 2.94. The number of rotatable bonds is 3. The van der Waals surface area contributed by atoms with Crippen LogP contribution in [0.4, 0.5) is 10.1 Å². The van der Waals surface area contributed by atoms with E-state index < -0.39 is 15.8 Å². The number of anilines is 1. The van der Waals surface area contributed by atoms with E-state index >= 15 is 0 Å². The Morgan fingerprint density at radius 2 is 2.06 bits per heavy atom. The second-order valence-corrected chi connectivity index (χ2v) is 5.73. The molecule has 1 aliphatic carbocycles. The predicted octanol–water partition coefficient (Wildman–Crippen LogP) is 1.16. The van der Waals surface area contributed by atoms with Crippen LogP contribution >= 0.6 is 0 Å². The van der Waals surface area contributed by atoms with Gasteiger partial charge in [-0.25, -0.2) is 17.5 Å². The van der Waals surface area contributed by atoms with Crippen LogP contribution in [0.5, 0.6) is 0 Å². The molecule has 3 N–H and O–H groups in total. The minimum Gasteiger partial charge on any atom is -0.399 e. The zero-order valence-corrected chi connectivity index (χ0v) is 9.64. The summed E-state index contributed by atoms with van der Waals surface area (Å²) in [5, 5.41) is 0. The predicted molar refractivity (Wildman–Crippen MR) is 58.9 cm³/mol.